The van der Waals surface area contributed by atoms with Crippen molar-refractivity contribution in [1.29, 1.82) is 0 Å². The van der Waals surface area contributed by atoms with Crippen LogP contribution in [0.3, 0.4) is 0 Å². The van der Waals surface area contributed by atoms with Crippen molar-refractivity contribution in [1.82, 2.24) is 10.2 Å². The van der Waals surface area contributed by atoms with Crippen molar-refractivity contribution in [3.8, 4) is 0 Å². The van der Waals surface area contributed by atoms with Gasteiger partial charge in [-0.05, 0) is 17.7 Å². The molecule has 0 aliphatic carbocycles. The summed E-state index contributed by atoms with van der Waals surface area (Å²) in [4.78, 5) is 35.4. The molecule has 100 valence electrons. The quantitative estimate of drug-likeness (QED) is 0.795. The van der Waals surface area contributed by atoms with E-state index in [9.17, 15) is 14.4 Å². The molecule has 1 aromatic carbocycles. The summed E-state index contributed by atoms with van der Waals surface area (Å²) in [7, 11) is 1.58. The van der Waals surface area contributed by atoms with Gasteiger partial charge in [-0.3, -0.25) is 9.59 Å². The zero-order chi connectivity index (χ0) is 14.0. The first-order chi connectivity index (χ1) is 8.97. The predicted octanol–water partition coefficient (Wildman–Crippen LogP) is -0.116. The van der Waals surface area contributed by atoms with Crippen molar-refractivity contribution >= 4 is 17.8 Å². The highest BCUT2D eigenvalue weighted by atomic mass is 16.4. The Hall–Kier alpha value is -2.37. The van der Waals surface area contributed by atoms with Gasteiger partial charge in [-0.2, -0.15) is 0 Å². The van der Waals surface area contributed by atoms with Gasteiger partial charge >= 0.3 is 5.97 Å². The van der Waals surface area contributed by atoms with Gasteiger partial charge in [0, 0.05) is 13.5 Å². The molecular formula is C13H14N2O4. The van der Waals surface area contributed by atoms with Gasteiger partial charge in [-0.25, -0.2) is 4.79 Å². The van der Waals surface area contributed by atoms with Crippen LogP contribution in [0, 0.1) is 0 Å². The third kappa shape index (κ3) is 2.90. The van der Waals surface area contributed by atoms with Crippen LogP contribution in [0.4, 0.5) is 0 Å². The first-order valence-corrected chi connectivity index (χ1v) is 5.84. The van der Waals surface area contributed by atoms with E-state index in [2.05, 4.69) is 5.32 Å². The Balaban J connectivity index is 2.09. The fourth-order valence-electron chi connectivity index (χ4n) is 2.02. The number of carboxylic acid groups (broad SMARTS) is 1. The van der Waals surface area contributed by atoms with Crippen LogP contribution in [0.5, 0.6) is 0 Å². The standard InChI is InChI=1S/C13H14N2O4/c1-15-7-11(16)14-10(12(15)17)6-8-2-4-9(5-3-8)13(18)19/h2-5,10H,6-7H2,1H3,(H,14,16)(H,18,19). The van der Waals surface area contributed by atoms with Gasteiger partial charge in [-0.1, -0.05) is 12.1 Å². The van der Waals surface area contributed by atoms with Gasteiger partial charge < -0.3 is 15.3 Å². The summed E-state index contributed by atoms with van der Waals surface area (Å²) in [5.41, 5.74) is 0.999. The first kappa shape index (κ1) is 13.1. The highest BCUT2D eigenvalue weighted by Crippen LogP contribution is 2.10. The summed E-state index contributed by atoms with van der Waals surface area (Å²) >= 11 is 0. The van der Waals surface area contributed by atoms with Crippen molar-refractivity contribution in [3.05, 3.63) is 35.4 Å². The molecule has 1 unspecified atom stereocenters. The number of nitrogens with zero attached hydrogens (tertiary/aromatic N) is 1. The molecule has 6 heteroatoms. The molecule has 2 N–H and O–H groups in total. The van der Waals surface area contributed by atoms with Gasteiger partial charge in [0.05, 0.1) is 12.1 Å². The van der Waals surface area contributed by atoms with Crippen molar-refractivity contribution in [2.24, 2.45) is 0 Å². The second-order valence-corrected chi connectivity index (χ2v) is 4.52. The SMILES string of the molecule is CN1CC(=O)NC(Cc2ccc(C(=O)O)cc2)C1=O. The number of carbonyl (C=O) groups excluding carboxylic acids is 2. The highest BCUT2D eigenvalue weighted by Gasteiger charge is 2.30. The van der Waals surface area contributed by atoms with Gasteiger partial charge in [0.15, 0.2) is 0 Å². The second-order valence-electron chi connectivity index (χ2n) is 4.52. The van der Waals surface area contributed by atoms with Crippen molar-refractivity contribution in [3.63, 3.8) is 0 Å². The molecule has 1 fully saturated rings. The Morgan fingerprint density at radius 2 is 2.00 bits per heavy atom. The van der Waals surface area contributed by atoms with E-state index in [4.69, 9.17) is 5.11 Å². The molecule has 0 aromatic heterocycles. The highest BCUT2D eigenvalue weighted by molar-refractivity contribution is 5.94. The third-order valence-electron chi connectivity index (χ3n) is 3.03. The molecule has 0 radical (unpaired) electrons. The third-order valence-corrected chi connectivity index (χ3v) is 3.03. The minimum absolute atomic E-state index is 0.0767. The van der Waals surface area contributed by atoms with E-state index in [1.807, 2.05) is 0 Å². The molecule has 1 aliphatic heterocycles. The fraction of sp³-hybridized carbons (Fsp3) is 0.308. The van der Waals surface area contributed by atoms with E-state index in [-0.39, 0.29) is 23.9 Å². The number of nitrogens with one attached hydrogen (secondary N) is 1. The Morgan fingerprint density at radius 3 is 2.58 bits per heavy atom. The van der Waals surface area contributed by atoms with Crippen molar-refractivity contribution in [2.45, 2.75) is 12.5 Å². The average Bonchev–Trinajstić information content (AvgIpc) is 2.36. The van der Waals surface area contributed by atoms with Gasteiger partial charge in [0.1, 0.15) is 6.04 Å². The smallest absolute Gasteiger partial charge is 0.335 e. The van der Waals surface area contributed by atoms with Crippen LogP contribution < -0.4 is 5.32 Å². The maximum atomic E-state index is 11.9. The van der Waals surface area contributed by atoms with Gasteiger partial charge in [0.2, 0.25) is 11.8 Å². The lowest BCUT2D eigenvalue weighted by Crippen LogP contribution is -2.57. The summed E-state index contributed by atoms with van der Waals surface area (Å²) in [5, 5.41) is 11.4. The van der Waals surface area contributed by atoms with E-state index < -0.39 is 12.0 Å². The number of amides is 2. The number of piperazine rings is 1. The second kappa shape index (κ2) is 5.09. The molecule has 1 aromatic rings. The van der Waals surface area contributed by atoms with E-state index in [1.165, 1.54) is 17.0 Å². The Labute approximate surface area is 110 Å². The van der Waals surface area contributed by atoms with E-state index in [0.717, 1.165) is 5.56 Å². The molecule has 1 saturated heterocycles. The minimum Gasteiger partial charge on any atom is -0.478 e. The molecule has 0 bridgehead atoms. The van der Waals surface area contributed by atoms with E-state index in [0.29, 0.717) is 6.42 Å². The Bertz CT molecular complexity index is 524. The lowest BCUT2D eigenvalue weighted by molar-refractivity contribution is -0.142. The van der Waals surface area contributed by atoms with Crippen LogP contribution in [-0.4, -0.2) is 47.4 Å². The first-order valence-electron chi connectivity index (χ1n) is 5.84. The topological polar surface area (TPSA) is 86.7 Å². The van der Waals surface area contributed by atoms with Crippen LogP contribution in [0.2, 0.25) is 0 Å². The number of hydrogen-bond acceptors (Lipinski definition) is 3. The van der Waals surface area contributed by atoms with Crippen molar-refractivity contribution in [2.75, 3.05) is 13.6 Å². The number of benzene rings is 1. The summed E-state index contributed by atoms with van der Waals surface area (Å²) < 4.78 is 0. The number of carbonyl (C=O) groups is 3. The van der Waals surface area contributed by atoms with E-state index >= 15 is 0 Å². The summed E-state index contributed by atoms with van der Waals surface area (Å²) in [6.45, 7) is 0.0767. The lowest BCUT2D eigenvalue weighted by Gasteiger charge is -2.29. The predicted molar refractivity (Wildman–Crippen MR) is 66.7 cm³/mol. The summed E-state index contributed by atoms with van der Waals surface area (Å²) in [6, 6.07) is 5.68. The zero-order valence-corrected chi connectivity index (χ0v) is 10.4. The van der Waals surface area contributed by atoms with Crippen LogP contribution in [0.15, 0.2) is 24.3 Å². The average molecular weight is 262 g/mol. The lowest BCUT2D eigenvalue weighted by atomic mass is 10.0. The van der Waals surface area contributed by atoms with Gasteiger partial charge in [-0.15, -0.1) is 0 Å². The number of aromatic carboxylic acids is 1. The largest absolute Gasteiger partial charge is 0.478 e. The molecule has 1 aliphatic rings. The molecular weight excluding hydrogens is 248 g/mol. The van der Waals surface area contributed by atoms with Crippen LogP contribution in [-0.2, 0) is 16.0 Å². The number of likely N-dealkylation sites (N-methyl/N-ethyl adjacent to an activating group) is 1. The number of carboxylic acids is 1. The molecule has 1 atom stereocenters. The molecule has 2 rings (SSSR count). The van der Waals surface area contributed by atoms with Crippen molar-refractivity contribution < 1.29 is 19.5 Å². The molecule has 19 heavy (non-hydrogen) atoms. The Morgan fingerprint density at radius 1 is 1.37 bits per heavy atom. The number of hydrogen-bond donors (Lipinski definition) is 2. The molecule has 1 heterocycles. The van der Waals surface area contributed by atoms with Gasteiger partial charge in [0.25, 0.3) is 0 Å². The zero-order valence-electron chi connectivity index (χ0n) is 10.4. The monoisotopic (exact) mass is 262 g/mol. The summed E-state index contributed by atoms with van der Waals surface area (Å²) in [6.07, 6.45) is 0.356. The van der Waals surface area contributed by atoms with E-state index in [1.54, 1.807) is 19.2 Å². The molecule has 0 spiro atoms. The minimum atomic E-state index is -0.992. The van der Waals surface area contributed by atoms with Crippen LogP contribution >= 0.6 is 0 Å². The maximum Gasteiger partial charge on any atom is 0.335 e. The van der Waals surface area contributed by atoms with Crippen LogP contribution in [0.25, 0.3) is 0 Å². The Kier molecular flexibility index (Phi) is 3.50. The maximum absolute atomic E-state index is 11.9. The molecule has 6 nitrogen and oxygen atoms in total. The fourth-order valence-corrected chi connectivity index (χ4v) is 2.02. The summed E-state index contributed by atoms with van der Waals surface area (Å²) in [5.74, 6) is -1.32. The molecule has 0 saturated carbocycles. The van der Waals surface area contributed by atoms with Crippen LogP contribution in [0.1, 0.15) is 15.9 Å². The molecule has 2 amide bonds. The number of rotatable bonds is 3. The normalized spacial score (nSPS) is 19.2.